The molecule has 2 aliphatic rings. The van der Waals surface area contributed by atoms with Gasteiger partial charge in [0, 0.05) is 87.4 Å². The Kier molecular flexibility index (Phi) is 15.1. The number of nitrogens with zero attached hydrogens (tertiary/aromatic N) is 4. The molecule has 22 aromatic rings. The molecule has 20 aromatic carbocycles. The summed E-state index contributed by atoms with van der Waals surface area (Å²) >= 11 is 1.79. The maximum absolute atomic E-state index is 12.4. The third-order valence-corrected chi connectivity index (χ3v) is 27.7. The van der Waals surface area contributed by atoms with Gasteiger partial charge in [0.25, 0.3) is 6.71 Å². The summed E-state index contributed by atoms with van der Waals surface area (Å²) in [6.07, 6.45) is 0. The highest BCUT2D eigenvalue weighted by Crippen LogP contribution is 2.59. The summed E-state index contributed by atoms with van der Waals surface area (Å²) in [6, 6.07) is 128. The Balaban J connectivity index is 0.902. The van der Waals surface area contributed by atoms with E-state index in [2.05, 4.69) is 427 Å². The predicted octanol–water partition coefficient (Wildman–Crippen LogP) is 31.1. The fourth-order valence-electron chi connectivity index (χ4n) is 20.6. The molecule has 0 saturated carbocycles. The highest BCUT2D eigenvalue weighted by atomic mass is 32.1. The van der Waals surface area contributed by atoms with Crippen molar-refractivity contribution in [3.8, 4) is 50.2 Å². The molecular formula is C116H87BN4S. The Labute approximate surface area is 720 Å². The van der Waals surface area contributed by atoms with E-state index in [-0.39, 0.29) is 29.0 Å². The zero-order chi connectivity index (χ0) is 84.5. The Hall–Kier alpha value is -14.0. The Morgan fingerprint density at radius 1 is 0.311 bits per heavy atom. The summed E-state index contributed by atoms with van der Waals surface area (Å²) < 4.78 is 40.1. The second-order valence-corrected chi connectivity index (χ2v) is 37.9. The smallest absolute Gasteiger partial charge is 0.264 e. The molecule has 2 aliphatic heterocycles. The van der Waals surface area contributed by atoms with Crippen LogP contribution in [0.1, 0.15) is 83.1 Å². The number of fused-ring (bicyclic) bond motifs is 11. The molecule has 580 valence electrons. The van der Waals surface area contributed by atoms with Gasteiger partial charge in [-0.2, -0.15) is 0 Å². The molecular weight excluding hydrogens is 1490 g/mol. The van der Waals surface area contributed by atoms with E-state index in [9.17, 15) is 4.11 Å². The van der Waals surface area contributed by atoms with Crippen LogP contribution in [-0.4, -0.2) is 11.3 Å². The summed E-state index contributed by atoms with van der Waals surface area (Å²) in [5.41, 5.74) is 22.7. The van der Waals surface area contributed by atoms with Crippen molar-refractivity contribution < 1.29 is 4.11 Å². The van der Waals surface area contributed by atoms with E-state index in [4.69, 9.17) is 0 Å². The van der Waals surface area contributed by atoms with Crippen LogP contribution in [0.2, 0.25) is 0 Å². The molecule has 0 saturated heterocycles. The molecule has 24 rings (SSSR count). The number of hydrogen-bond acceptors (Lipinski definition) is 4. The molecule has 4 nitrogen and oxygen atoms in total. The molecule has 0 radical (unpaired) electrons. The lowest BCUT2D eigenvalue weighted by Crippen LogP contribution is -2.60. The van der Waals surface area contributed by atoms with Gasteiger partial charge in [-0.3, -0.25) is 0 Å². The molecule has 2 aromatic heterocycles. The van der Waals surface area contributed by atoms with Crippen molar-refractivity contribution in [1.29, 1.82) is 0 Å². The number of hydrogen-bond donors (Lipinski definition) is 0. The summed E-state index contributed by atoms with van der Waals surface area (Å²) in [5, 5.41) is 19.4. The van der Waals surface area contributed by atoms with Gasteiger partial charge in [-0.25, -0.2) is 0 Å². The molecule has 0 spiro atoms. The second-order valence-electron chi connectivity index (χ2n) is 36.8. The van der Waals surface area contributed by atoms with E-state index in [0.29, 0.717) is 16.8 Å². The number of para-hydroxylation sites is 2. The van der Waals surface area contributed by atoms with Crippen LogP contribution in [0.4, 0.5) is 51.2 Å². The second kappa shape index (κ2) is 26.7. The van der Waals surface area contributed by atoms with Gasteiger partial charge < -0.3 is 19.3 Å². The summed E-state index contributed by atoms with van der Waals surface area (Å²) in [4.78, 5) is 7.57. The Morgan fingerprint density at radius 3 is 1.39 bits per heavy atom. The lowest BCUT2D eigenvalue weighted by Gasteiger charge is -2.46. The molecule has 6 heteroatoms. The Bertz CT molecular complexity index is 8180. The first-order valence-corrected chi connectivity index (χ1v) is 43.6. The average molecular weight is 1580 g/mol. The van der Waals surface area contributed by atoms with E-state index in [1.807, 2.05) is 0 Å². The van der Waals surface area contributed by atoms with Crippen LogP contribution in [0.3, 0.4) is 0 Å². The van der Waals surface area contributed by atoms with Crippen LogP contribution >= 0.6 is 11.3 Å². The van der Waals surface area contributed by atoms with Gasteiger partial charge in [-0.05, 0) is 233 Å². The molecule has 0 atom stereocenters. The number of aromatic nitrogens is 1. The third kappa shape index (κ3) is 10.9. The van der Waals surface area contributed by atoms with Crippen molar-refractivity contribution in [1.82, 2.24) is 4.57 Å². The maximum Gasteiger partial charge on any atom is 0.264 e. The van der Waals surface area contributed by atoms with Gasteiger partial charge in [0.05, 0.1) is 37.9 Å². The first-order chi connectivity index (χ1) is 60.7. The minimum Gasteiger partial charge on any atom is -0.310 e. The van der Waals surface area contributed by atoms with Gasteiger partial charge in [0.1, 0.15) is 0 Å². The van der Waals surface area contributed by atoms with Crippen LogP contribution in [0.5, 0.6) is 0 Å². The zero-order valence-corrected chi connectivity index (χ0v) is 70.5. The predicted molar refractivity (Wildman–Crippen MR) is 528 cm³/mol. The minimum atomic E-state index is -0.731. The van der Waals surface area contributed by atoms with Crippen LogP contribution in [0.15, 0.2) is 364 Å². The monoisotopic (exact) mass is 1580 g/mol. The molecule has 0 unspecified atom stereocenters. The summed E-state index contributed by atoms with van der Waals surface area (Å²) in [5.74, 6) is 0. The van der Waals surface area contributed by atoms with Crippen LogP contribution in [0, 0.1) is 0 Å². The van der Waals surface area contributed by atoms with Crippen LogP contribution in [0.25, 0.3) is 157 Å². The molecule has 4 heterocycles. The van der Waals surface area contributed by atoms with Crippen molar-refractivity contribution in [3.05, 3.63) is 381 Å². The largest absolute Gasteiger partial charge is 0.310 e. The van der Waals surface area contributed by atoms with E-state index in [1.165, 1.54) is 48.7 Å². The molecule has 122 heavy (non-hydrogen) atoms. The van der Waals surface area contributed by atoms with Crippen LogP contribution < -0.4 is 30.4 Å². The zero-order valence-electron chi connectivity index (χ0n) is 72.7. The van der Waals surface area contributed by atoms with Gasteiger partial charge in [0.2, 0.25) is 0 Å². The standard InChI is InChI=1S/C116H87BN4S/c1-114(2,3)80-62-92(71-29-14-10-15-30-71)110(93(63-80)72-31-16-11-17-32-72)121-102-67-82(116(7,8)9)66-101-109(102)117(113-112(121)90-59-54-85(69-103(90)122-113)118(83-41-20-13-21-42-83)97-46-28-36-70-35-22-23-43-86(70)97)96-60-55-84(119-98-45-25-24-44-89(98)108-91-58-53-77-40-27-38-75-49-50-79(61-100(108)119)107(91)105(75)77)68-99(96)120(101)111-94(73-33-18-12-19-34-73)64-81(115(4,5)6)65-95(111)87-56-51-78-48-47-74-37-26-39-76-52-57-88(87)106(78)104(74)76/h10-69H,1-9H3/i55D,60D,68D. The van der Waals surface area contributed by atoms with Crippen molar-refractivity contribution >= 4 is 192 Å². The lowest BCUT2D eigenvalue weighted by atomic mass is 9.36. The van der Waals surface area contributed by atoms with Crippen molar-refractivity contribution in [2.75, 3.05) is 14.7 Å². The average Bonchev–Trinajstić information content (AvgIpc) is 1.65. The van der Waals surface area contributed by atoms with Crippen molar-refractivity contribution in [2.24, 2.45) is 0 Å². The highest BCUT2D eigenvalue weighted by molar-refractivity contribution is 7.33. The fraction of sp³-hybridized carbons (Fsp3) is 0.103. The van der Waals surface area contributed by atoms with Gasteiger partial charge in [-0.15, -0.1) is 11.3 Å². The van der Waals surface area contributed by atoms with Crippen molar-refractivity contribution in [2.45, 2.75) is 78.6 Å². The summed E-state index contributed by atoms with van der Waals surface area (Å²) in [6.45, 7) is 20.3. The van der Waals surface area contributed by atoms with E-state index >= 15 is 0 Å². The SMILES string of the molecule is [2H]c1c([2H])c(-n2c3ccccc3c3c4ccc5cccc6ccc(cc32)c4c65)c([2H])c2c1B1c3sc4cc(N(c5ccccc5)c5cccc6ccccc56)ccc4c3N(c3c(-c4ccccc4)cc(C(C)(C)C)cc3-c3ccccc3)c3cc(C(C)(C)C)cc(c31)N2c1c(-c2ccccc2)cc(C(C)(C)C)cc1-c1ccc2ccc3cccc4ccc1c2c34. The minimum absolute atomic E-state index is 0.0208. The number of benzene rings is 20. The number of rotatable bonds is 10. The van der Waals surface area contributed by atoms with Gasteiger partial charge >= 0.3 is 0 Å². The quantitative estimate of drug-likeness (QED) is 0.100. The van der Waals surface area contributed by atoms with Crippen molar-refractivity contribution in [3.63, 3.8) is 0 Å². The molecule has 0 N–H and O–H groups in total. The van der Waals surface area contributed by atoms with E-state index in [0.717, 1.165) is 176 Å². The fourth-order valence-corrected chi connectivity index (χ4v) is 21.9. The number of thiophene rings is 1. The molecule has 0 bridgehead atoms. The first-order valence-electron chi connectivity index (χ1n) is 44.3. The normalized spacial score (nSPS) is 13.4. The topological polar surface area (TPSA) is 14.7 Å². The Morgan fingerprint density at radius 2 is 0.779 bits per heavy atom. The number of anilines is 9. The highest BCUT2D eigenvalue weighted by Gasteiger charge is 2.48. The molecule has 0 aliphatic carbocycles. The van der Waals surface area contributed by atoms with Gasteiger partial charge in [-0.1, -0.05) is 329 Å². The molecule has 0 amide bonds. The summed E-state index contributed by atoms with van der Waals surface area (Å²) in [7, 11) is 0. The van der Waals surface area contributed by atoms with Gasteiger partial charge in [0.15, 0.2) is 0 Å². The first kappa shape index (κ1) is 68.8. The van der Waals surface area contributed by atoms with E-state index in [1.54, 1.807) is 11.3 Å². The van der Waals surface area contributed by atoms with Crippen LogP contribution in [-0.2, 0) is 16.2 Å². The molecule has 0 fully saturated rings. The van der Waals surface area contributed by atoms with E-state index < -0.39 is 12.1 Å². The maximum atomic E-state index is 12.4. The third-order valence-electron chi connectivity index (χ3n) is 26.5. The lowest BCUT2D eigenvalue weighted by molar-refractivity contribution is 0.590.